The Balaban J connectivity index is 2.36. The van der Waals surface area contributed by atoms with Crippen molar-refractivity contribution in [2.45, 2.75) is 26.3 Å². The SMILES string of the molecule is Cc1cccc(-c2cc(CC(C)N)nn2C)c1. The monoisotopic (exact) mass is 229 g/mol. The lowest BCUT2D eigenvalue weighted by Crippen LogP contribution is -2.18. The maximum absolute atomic E-state index is 5.80. The number of nitrogens with zero attached hydrogens (tertiary/aromatic N) is 2. The second-order valence-corrected chi connectivity index (χ2v) is 4.70. The lowest BCUT2D eigenvalue weighted by atomic mass is 10.1. The van der Waals surface area contributed by atoms with Gasteiger partial charge < -0.3 is 5.73 Å². The molecule has 0 saturated carbocycles. The van der Waals surface area contributed by atoms with E-state index in [0.717, 1.165) is 17.8 Å². The first-order valence-electron chi connectivity index (χ1n) is 5.92. The van der Waals surface area contributed by atoms with Gasteiger partial charge in [-0.25, -0.2) is 0 Å². The van der Waals surface area contributed by atoms with Crippen LogP contribution in [-0.4, -0.2) is 15.8 Å². The number of hydrogen-bond acceptors (Lipinski definition) is 2. The van der Waals surface area contributed by atoms with Crippen molar-refractivity contribution in [2.75, 3.05) is 0 Å². The molecule has 2 N–H and O–H groups in total. The highest BCUT2D eigenvalue weighted by Gasteiger charge is 2.08. The zero-order valence-corrected chi connectivity index (χ0v) is 10.6. The van der Waals surface area contributed by atoms with Gasteiger partial charge in [0.05, 0.1) is 11.4 Å². The van der Waals surface area contributed by atoms with Gasteiger partial charge in [0.2, 0.25) is 0 Å². The molecule has 0 saturated heterocycles. The van der Waals surface area contributed by atoms with Crippen molar-refractivity contribution in [1.82, 2.24) is 9.78 Å². The molecular formula is C14H19N3. The van der Waals surface area contributed by atoms with Crippen LogP contribution < -0.4 is 5.73 Å². The third-order valence-electron chi connectivity index (χ3n) is 2.78. The summed E-state index contributed by atoms with van der Waals surface area (Å²) in [4.78, 5) is 0. The van der Waals surface area contributed by atoms with E-state index in [2.05, 4.69) is 42.4 Å². The van der Waals surface area contributed by atoms with Gasteiger partial charge in [-0.2, -0.15) is 5.10 Å². The Morgan fingerprint density at radius 1 is 1.35 bits per heavy atom. The second kappa shape index (κ2) is 4.72. The molecule has 0 fully saturated rings. The third-order valence-corrected chi connectivity index (χ3v) is 2.78. The van der Waals surface area contributed by atoms with Gasteiger partial charge in [-0.15, -0.1) is 0 Å². The lowest BCUT2D eigenvalue weighted by Gasteiger charge is -2.02. The number of nitrogens with two attached hydrogens (primary N) is 1. The van der Waals surface area contributed by atoms with Crippen molar-refractivity contribution in [3.63, 3.8) is 0 Å². The fraction of sp³-hybridized carbons (Fsp3) is 0.357. The van der Waals surface area contributed by atoms with E-state index in [4.69, 9.17) is 5.73 Å². The zero-order valence-electron chi connectivity index (χ0n) is 10.6. The van der Waals surface area contributed by atoms with Crippen LogP contribution in [0, 0.1) is 6.92 Å². The molecule has 90 valence electrons. The van der Waals surface area contributed by atoms with E-state index in [1.807, 2.05) is 18.7 Å². The van der Waals surface area contributed by atoms with Crippen LogP contribution in [-0.2, 0) is 13.5 Å². The topological polar surface area (TPSA) is 43.8 Å². The van der Waals surface area contributed by atoms with Crippen molar-refractivity contribution >= 4 is 0 Å². The molecule has 3 heteroatoms. The highest BCUT2D eigenvalue weighted by molar-refractivity contribution is 5.60. The molecule has 3 nitrogen and oxygen atoms in total. The first-order valence-corrected chi connectivity index (χ1v) is 5.92. The van der Waals surface area contributed by atoms with E-state index in [1.165, 1.54) is 11.1 Å². The van der Waals surface area contributed by atoms with Crippen LogP contribution in [0.3, 0.4) is 0 Å². The van der Waals surface area contributed by atoms with Crippen LogP contribution in [0.1, 0.15) is 18.2 Å². The normalized spacial score (nSPS) is 12.7. The number of aryl methyl sites for hydroxylation is 2. The molecule has 1 atom stereocenters. The van der Waals surface area contributed by atoms with Crippen molar-refractivity contribution in [1.29, 1.82) is 0 Å². The van der Waals surface area contributed by atoms with Gasteiger partial charge in [-0.1, -0.05) is 23.8 Å². The number of hydrogen-bond donors (Lipinski definition) is 1. The minimum atomic E-state index is 0.148. The summed E-state index contributed by atoms with van der Waals surface area (Å²) in [5.41, 5.74) is 10.5. The quantitative estimate of drug-likeness (QED) is 0.877. The van der Waals surface area contributed by atoms with E-state index >= 15 is 0 Å². The summed E-state index contributed by atoms with van der Waals surface area (Å²) in [7, 11) is 1.97. The average Bonchev–Trinajstić information content (AvgIpc) is 2.58. The van der Waals surface area contributed by atoms with Gasteiger partial charge >= 0.3 is 0 Å². The van der Waals surface area contributed by atoms with Crippen LogP contribution in [0.25, 0.3) is 11.3 Å². The molecule has 0 spiro atoms. The average molecular weight is 229 g/mol. The molecule has 2 rings (SSSR count). The Morgan fingerprint density at radius 3 is 2.76 bits per heavy atom. The second-order valence-electron chi connectivity index (χ2n) is 4.70. The predicted molar refractivity (Wildman–Crippen MR) is 70.7 cm³/mol. The number of aromatic nitrogens is 2. The molecule has 0 amide bonds. The Bertz CT molecular complexity index is 512. The Morgan fingerprint density at radius 2 is 2.12 bits per heavy atom. The molecule has 0 aliphatic rings. The Hall–Kier alpha value is -1.61. The smallest absolute Gasteiger partial charge is 0.0681 e. The summed E-state index contributed by atoms with van der Waals surface area (Å²) >= 11 is 0. The van der Waals surface area contributed by atoms with Gasteiger partial charge in [0.1, 0.15) is 0 Å². The van der Waals surface area contributed by atoms with Crippen molar-refractivity contribution in [3.8, 4) is 11.3 Å². The highest BCUT2D eigenvalue weighted by atomic mass is 15.3. The molecule has 1 aromatic heterocycles. The third kappa shape index (κ3) is 2.74. The highest BCUT2D eigenvalue weighted by Crippen LogP contribution is 2.21. The van der Waals surface area contributed by atoms with Gasteiger partial charge in [-0.3, -0.25) is 4.68 Å². The van der Waals surface area contributed by atoms with E-state index < -0.39 is 0 Å². The minimum Gasteiger partial charge on any atom is -0.328 e. The summed E-state index contributed by atoms with van der Waals surface area (Å²) in [6.45, 7) is 4.10. The molecule has 0 bridgehead atoms. The van der Waals surface area contributed by atoms with E-state index in [0.29, 0.717) is 0 Å². The van der Waals surface area contributed by atoms with Crippen LogP contribution in [0.15, 0.2) is 30.3 Å². The van der Waals surface area contributed by atoms with Crippen molar-refractivity contribution < 1.29 is 0 Å². The standard InChI is InChI=1S/C14H19N3/c1-10-5-4-6-12(7-10)14-9-13(8-11(2)15)16-17(14)3/h4-7,9,11H,8,15H2,1-3H3. The summed E-state index contributed by atoms with van der Waals surface area (Å²) in [6.07, 6.45) is 0.819. The summed E-state index contributed by atoms with van der Waals surface area (Å²) in [6, 6.07) is 10.7. The lowest BCUT2D eigenvalue weighted by molar-refractivity contribution is 0.687. The van der Waals surface area contributed by atoms with Gasteiger partial charge in [0.25, 0.3) is 0 Å². The number of rotatable bonds is 3. The molecule has 0 radical (unpaired) electrons. The summed E-state index contributed by atoms with van der Waals surface area (Å²) < 4.78 is 1.92. The van der Waals surface area contributed by atoms with Gasteiger partial charge in [0, 0.05) is 25.1 Å². The fourth-order valence-electron chi connectivity index (χ4n) is 2.03. The first-order chi connectivity index (χ1) is 8.06. The molecule has 17 heavy (non-hydrogen) atoms. The minimum absolute atomic E-state index is 0.148. The first kappa shape index (κ1) is 11.9. The van der Waals surface area contributed by atoms with E-state index in [-0.39, 0.29) is 6.04 Å². The van der Waals surface area contributed by atoms with Crippen LogP contribution >= 0.6 is 0 Å². The van der Waals surface area contributed by atoms with Gasteiger partial charge in [0.15, 0.2) is 0 Å². The molecule has 1 unspecified atom stereocenters. The van der Waals surface area contributed by atoms with E-state index in [9.17, 15) is 0 Å². The zero-order chi connectivity index (χ0) is 12.4. The summed E-state index contributed by atoms with van der Waals surface area (Å²) in [5.74, 6) is 0. The Labute approximate surface area is 102 Å². The van der Waals surface area contributed by atoms with Crippen LogP contribution in [0.2, 0.25) is 0 Å². The van der Waals surface area contributed by atoms with Crippen molar-refractivity contribution in [3.05, 3.63) is 41.6 Å². The molecule has 1 heterocycles. The maximum Gasteiger partial charge on any atom is 0.0681 e. The molecule has 2 aromatic rings. The van der Waals surface area contributed by atoms with Crippen molar-refractivity contribution in [2.24, 2.45) is 12.8 Å². The van der Waals surface area contributed by atoms with Crippen LogP contribution in [0.5, 0.6) is 0 Å². The predicted octanol–water partition coefficient (Wildman–Crippen LogP) is 2.29. The molecule has 0 aliphatic carbocycles. The number of benzene rings is 1. The fourth-order valence-corrected chi connectivity index (χ4v) is 2.03. The molecule has 1 aromatic carbocycles. The summed E-state index contributed by atoms with van der Waals surface area (Å²) in [5, 5.41) is 4.49. The van der Waals surface area contributed by atoms with Crippen LogP contribution in [0.4, 0.5) is 0 Å². The largest absolute Gasteiger partial charge is 0.328 e. The van der Waals surface area contributed by atoms with E-state index in [1.54, 1.807) is 0 Å². The molecular weight excluding hydrogens is 210 g/mol. The Kier molecular flexibility index (Phi) is 3.29. The van der Waals surface area contributed by atoms with Gasteiger partial charge in [-0.05, 0) is 26.0 Å². The molecule has 0 aliphatic heterocycles. The maximum atomic E-state index is 5.80.